The Morgan fingerprint density at radius 1 is 1.54 bits per heavy atom. The smallest absolute Gasteiger partial charge is 0.292 e. The standard InChI is InChI=1S/C7H13N5O/c1-2-3-4-5-8-7(13)6-9-11-12-10-6/h2-5H2,1H3,(H,8,13)(H,9,10,11,12). The van der Waals surface area contributed by atoms with E-state index in [0.29, 0.717) is 6.54 Å². The first-order valence-electron chi connectivity index (χ1n) is 4.36. The molecule has 2 N–H and O–H groups in total. The van der Waals surface area contributed by atoms with E-state index in [-0.39, 0.29) is 11.7 Å². The maximum absolute atomic E-state index is 11.2. The predicted octanol–water partition coefficient (Wildman–Crippen LogP) is 0.120. The zero-order valence-corrected chi connectivity index (χ0v) is 7.58. The third-order valence-electron chi connectivity index (χ3n) is 1.61. The Labute approximate surface area is 76.1 Å². The molecule has 1 aromatic rings. The van der Waals surface area contributed by atoms with Crippen LogP contribution in [0.4, 0.5) is 0 Å². The fourth-order valence-electron chi connectivity index (χ4n) is 0.914. The van der Waals surface area contributed by atoms with Crippen LogP contribution in [0.2, 0.25) is 0 Å². The number of aromatic nitrogens is 4. The summed E-state index contributed by atoms with van der Waals surface area (Å²) in [6, 6.07) is 0. The van der Waals surface area contributed by atoms with E-state index in [0.717, 1.165) is 19.3 Å². The summed E-state index contributed by atoms with van der Waals surface area (Å²) in [6.45, 7) is 2.78. The summed E-state index contributed by atoms with van der Waals surface area (Å²) in [6.07, 6.45) is 3.24. The van der Waals surface area contributed by atoms with Crippen LogP contribution in [-0.4, -0.2) is 33.1 Å². The second kappa shape index (κ2) is 5.23. The molecule has 1 amide bonds. The first-order valence-corrected chi connectivity index (χ1v) is 4.36. The number of aromatic amines is 1. The molecule has 0 saturated carbocycles. The quantitative estimate of drug-likeness (QED) is 0.635. The van der Waals surface area contributed by atoms with E-state index in [9.17, 15) is 4.79 Å². The van der Waals surface area contributed by atoms with Gasteiger partial charge in [-0.25, -0.2) is 0 Å². The number of hydrogen-bond donors (Lipinski definition) is 2. The number of rotatable bonds is 5. The maximum atomic E-state index is 11.2. The number of carbonyl (C=O) groups excluding carboxylic acids is 1. The highest BCUT2D eigenvalue weighted by molar-refractivity contribution is 5.89. The third-order valence-corrected chi connectivity index (χ3v) is 1.61. The third kappa shape index (κ3) is 3.18. The van der Waals surface area contributed by atoms with Gasteiger partial charge in [0.25, 0.3) is 11.7 Å². The van der Waals surface area contributed by atoms with E-state index < -0.39 is 0 Å². The fourth-order valence-corrected chi connectivity index (χ4v) is 0.914. The van der Waals surface area contributed by atoms with Gasteiger partial charge in [0.1, 0.15) is 0 Å². The van der Waals surface area contributed by atoms with Gasteiger partial charge in [-0.2, -0.15) is 5.21 Å². The number of H-pyrrole nitrogens is 1. The number of tetrazole rings is 1. The van der Waals surface area contributed by atoms with Crippen LogP contribution in [0, 0.1) is 0 Å². The van der Waals surface area contributed by atoms with Gasteiger partial charge in [0.2, 0.25) is 0 Å². The minimum atomic E-state index is -0.273. The maximum Gasteiger partial charge on any atom is 0.292 e. The van der Waals surface area contributed by atoms with Gasteiger partial charge >= 0.3 is 0 Å². The van der Waals surface area contributed by atoms with Gasteiger partial charge in [0.05, 0.1) is 0 Å². The van der Waals surface area contributed by atoms with Crippen molar-refractivity contribution in [1.82, 2.24) is 25.9 Å². The van der Waals surface area contributed by atoms with Crippen LogP contribution in [0.3, 0.4) is 0 Å². The molecule has 0 radical (unpaired) electrons. The van der Waals surface area contributed by atoms with E-state index in [1.54, 1.807) is 0 Å². The predicted molar refractivity (Wildman–Crippen MR) is 46.0 cm³/mol. The summed E-state index contributed by atoms with van der Waals surface area (Å²) in [7, 11) is 0. The van der Waals surface area contributed by atoms with Crippen LogP contribution in [0.25, 0.3) is 0 Å². The Kier molecular flexibility index (Phi) is 3.87. The lowest BCUT2D eigenvalue weighted by Gasteiger charge is -1.99. The van der Waals surface area contributed by atoms with Crippen molar-refractivity contribution in [3.05, 3.63) is 5.82 Å². The van der Waals surface area contributed by atoms with E-state index in [2.05, 4.69) is 32.9 Å². The Morgan fingerprint density at radius 3 is 3.00 bits per heavy atom. The molecule has 1 rings (SSSR count). The first kappa shape index (κ1) is 9.63. The molecular weight excluding hydrogens is 170 g/mol. The minimum absolute atomic E-state index is 0.0940. The van der Waals surface area contributed by atoms with Gasteiger partial charge in [0.15, 0.2) is 0 Å². The highest BCUT2D eigenvalue weighted by atomic mass is 16.2. The molecule has 0 aliphatic rings. The van der Waals surface area contributed by atoms with Crippen LogP contribution in [0.1, 0.15) is 36.8 Å². The average Bonchev–Trinajstić information content (AvgIpc) is 2.65. The molecule has 6 heteroatoms. The zero-order chi connectivity index (χ0) is 9.52. The monoisotopic (exact) mass is 183 g/mol. The molecule has 0 atom stereocenters. The molecule has 1 aromatic heterocycles. The second-order valence-corrected chi connectivity index (χ2v) is 2.70. The molecule has 72 valence electrons. The number of carbonyl (C=O) groups is 1. The number of unbranched alkanes of at least 4 members (excludes halogenated alkanes) is 2. The topological polar surface area (TPSA) is 83.6 Å². The molecule has 1 heterocycles. The van der Waals surface area contributed by atoms with E-state index in [1.165, 1.54) is 0 Å². The Balaban J connectivity index is 2.19. The molecule has 0 bridgehead atoms. The summed E-state index contributed by atoms with van der Waals surface area (Å²) < 4.78 is 0. The van der Waals surface area contributed by atoms with Gasteiger partial charge in [0, 0.05) is 6.54 Å². The Bertz CT molecular complexity index is 245. The molecule has 0 saturated heterocycles. The van der Waals surface area contributed by atoms with Crippen molar-refractivity contribution >= 4 is 5.91 Å². The molecule has 0 aliphatic heterocycles. The molecule has 0 fully saturated rings. The summed E-state index contributed by atoms with van der Waals surface area (Å²) in [4.78, 5) is 11.2. The number of nitrogens with zero attached hydrogens (tertiary/aromatic N) is 3. The Hall–Kier alpha value is -1.46. The van der Waals surface area contributed by atoms with E-state index in [4.69, 9.17) is 0 Å². The fraction of sp³-hybridized carbons (Fsp3) is 0.714. The van der Waals surface area contributed by atoms with Crippen LogP contribution in [0.15, 0.2) is 0 Å². The summed E-state index contributed by atoms with van der Waals surface area (Å²) >= 11 is 0. The zero-order valence-electron chi connectivity index (χ0n) is 7.58. The second-order valence-electron chi connectivity index (χ2n) is 2.70. The molecule has 0 spiro atoms. The van der Waals surface area contributed by atoms with Gasteiger partial charge < -0.3 is 5.32 Å². The van der Waals surface area contributed by atoms with Gasteiger partial charge in [-0.3, -0.25) is 4.79 Å². The van der Waals surface area contributed by atoms with Crippen LogP contribution in [-0.2, 0) is 0 Å². The molecule has 13 heavy (non-hydrogen) atoms. The number of hydrogen-bond acceptors (Lipinski definition) is 4. The number of amides is 1. The largest absolute Gasteiger partial charge is 0.349 e. The SMILES string of the molecule is CCCCCNC(=O)c1nn[nH]n1. The summed E-state index contributed by atoms with van der Waals surface area (Å²) in [5.74, 6) is -0.179. The average molecular weight is 183 g/mol. The molecular formula is C7H13N5O. The molecule has 6 nitrogen and oxygen atoms in total. The minimum Gasteiger partial charge on any atom is -0.349 e. The Morgan fingerprint density at radius 2 is 2.38 bits per heavy atom. The van der Waals surface area contributed by atoms with Crippen molar-refractivity contribution < 1.29 is 4.79 Å². The van der Waals surface area contributed by atoms with Crippen molar-refractivity contribution in [2.75, 3.05) is 6.54 Å². The van der Waals surface area contributed by atoms with Crippen molar-refractivity contribution in [3.63, 3.8) is 0 Å². The van der Waals surface area contributed by atoms with Crippen LogP contribution in [0.5, 0.6) is 0 Å². The molecule has 0 aromatic carbocycles. The van der Waals surface area contributed by atoms with Gasteiger partial charge in [-0.1, -0.05) is 19.8 Å². The van der Waals surface area contributed by atoms with Gasteiger partial charge in [-0.05, 0) is 11.6 Å². The summed E-state index contributed by atoms with van der Waals surface area (Å²) in [5, 5.41) is 15.3. The molecule has 0 unspecified atom stereocenters. The van der Waals surface area contributed by atoms with Crippen molar-refractivity contribution in [2.24, 2.45) is 0 Å². The number of nitrogens with one attached hydrogen (secondary N) is 2. The first-order chi connectivity index (χ1) is 6.34. The lowest BCUT2D eigenvalue weighted by Crippen LogP contribution is -2.25. The lowest BCUT2D eigenvalue weighted by atomic mass is 10.2. The van der Waals surface area contributed by atoms with Crippen LogP contribution < -0.4 is 5.32 Å². The summed E-state index contributed by atoms with van der Waals surface area (Å²) in [5.41, 5.74) is 0. The van der Waals surface area contributed by atoms with Crippen LogP contribution >= 0.6 is 0 Å². The lowest BCUT2D eigenvalue weighted by molar-refractivity contribution is 0.0942. The highest BCUT2D eigenvalue weighted by Crippen LogP contribution is 1.91. The van der Waals surface area contributed by atoms with E-state index >= 15 is 0 Å². The molecule has 0 aliphatic carbocycles. The highest BCUT2D eigenvalue weighted by Gasteiger charge is 2.08. The van der Waals surface area contributed by atoms with Crippen molar-refractivity contribution in [1.29, 1.82) is 0 Å². The normalized spacial score (nSPS) is 9.92. The van der Waals surface area contributed by atoms with Crippen molar-refractivity contribution in [2.45, 2.75) is 26.2 Å². The van der Waals surface area contributed by atoms with E-state index in [1.807, 2.05) is 0 Å². The van der Waals surface area contributed by atoms with Crippen molar-refractivity contribution in [3.8, 4) is 0 Å². The van der Waals surface area contributed by atoms with Gasteiger partial charge in [-0.15, -0.1) is 10.2 Å².